The number of para-hydroxylation sites is 1. The third kappa shape index (κ3) is 3.05. The summed E-state index contributed by atoms with van der Waals surface area (Å²) in [5.41, 5.74) is 6.17. The number of anilines is 2. The zero-order valence-electron chi connectivity index (χ0n) is 9.11. The minimum Gasteiger partial charge on any atom is -0.375 e. The van der Waals surface area contributed by atoms with Crippen LogP contribution >= 0.6 is 27.3 Å². The molecule has 7 heteroatoms. The van der Waals surface area contributed by atoms with Crippen LogP contribution in [-0.2, 0) is 11.2 Å². The van der Waals surface area contributed by atoms with Crippen LogP contribution in [-0.4, -0.2) is 10.9 Å². The predicted octanol–water partition coefficient (Wildman–Crippen LogP) is 2.81. The Morgan fingerprint density at radius 3 is 2.94 bits per heavy atom. The molecule has 4 nitrogen and oxygen atoms in total. The van der Waals surface area contributed by atoms with Gasteiger partial charge >= 0.3 is 0 Å². The number of aromatic nitrogens is 1. The fourth-order valence-corrected chi connectivity index (χ4v) is 2.37. The molecule has 0 aliphatic carbocycles. The zero-order valence-corrected chi connectivity index (χ0v) is 11.5. The van der Waals surface area contributed by atoms with Gasteiger partial charge in [0.15, 0.2) is 5.13 Å². The second kappa shape index (κ2) is 5.45. The molecule has 94 valence electrons. The average Bonchev–Trinajstić information content (AvgIpc) is 2.69. The Kier molecular flexibility index (Phi) is 3.93. The lowest BCUT2D eigenvalue weighted by Crippen LogP contribution is -2.16. The number of nitrogen functional groups attached to an aromatic ring is 1. The van der Waals surface area contributed by atoms with Gasteiger partial charge in [0, 0.05) is 9.85 Å². The van der Waals surface area contributed by atoms with Crippen LogP contribution < -0.4 is 11.1 Å². The number of carbonyl (C=O) groups excluding carboxylic acids is 1. The second-order valence-electron chi connectivity index (χ2n) is 3.50. The Morgan fingerprint density at radius 2 is 2.33 bits per heavy atom. The van der Waals surface area contributed by atoms with E-state index in [1.54, 1.807) is 17.5 Å². The molecule has 0 aliphatic heterocycles. The lowest BCUT2D eigenvalue weighted by molar-refractivity contribution is -0.115. The molecular weight excluding hydrogens is 321 g/mol. The van der Waals surface area contributed by atoms with E-state index in [1.807, 2.05) is 0 Å². The third-order valence-corrected chi connectivity index (χ3v) is 3.52. The topological polar surface area (TPSA) is 68.0 Å². The molecule has 1 amide bonds. The molecule has 1 aromatic carbocycles. The van der Waals surface area contributed by atoms with Gasteiger partial charge in [-0.25, -0.2) is 9.37 Å². The molecular formula is C11H9BrFN3OS. The van der Waals surface area contributed by atoms with Gasteiger partial charge in [-0.1, -0.05) is 6.07 Å². The number of thiazole rings is 1. The summed E-state index contributed by atoms with van der Waals surface area (Å²) in [4.78, 5) is 15.7. The number of halogens is 2. The van der Waals surface area contributed by atoms with Crippen LogP contribution in [0, 0.1) is 5.82 Å². The summed E-state index contributed by atoms with van der Waals surface area (Å²) in [5.74, 6) is -0.832. The SMILES string of the molecule is Nc1nc(CC(=O)Nc2c(F)cccc2Br)cs1. The Labute approximate surface area is 115 Å². The van der Waals surface area contributed by atoms with Crippen molar-refractivity contribution in [3.8, 4) is 0 Å². The van der Waals surface area contributed by atoms with Gasteiger partial charge in [-0.3, -0.25) is 4.79 Å². The van der Waals surface area contributed by atoms with Crippen LogP contribution in [0.1, 0.15) is 5.69 Å². The molecule has 3 N–H and O–H groups in total. The summed E-state index contributed by atoms with van der Waals surface area (Å²) in [5, 5.41) is 4.61. The number of nitrogens with one attached hydrogen (secondary N) is 1. The molecule has 0 unspecified atom stereocenters. The van der Waals surface area contributed by atoms with Gasteiger partial charge < -0.3 is 11.1 Å². The summed E-state index contributed by atoms with van der Waals surface area (Å²) in [7, 11) is 0. The highest BCUT2D eigenvalue weighted by atomic mass is 79.9. The van der Waals surface area contributed by atoms with Gasteiger partial charge in [0.2, 0.25) is 5.91 Å². The van der Waals surface area contributed by atoms with Gasteiger partial charge in [-0.05, 0) is 28.1 Å². The van der Waals surface area contributed by atoms with E-state index in [-0.39, 0.29) is 18.0 Å². The second-order valence-corrected chi connectivity index (χ2v) is 5.24. The van der Waals surface area contributed by atoms with Gasteiger partial charge in [0.05, 0.1) is 17.8 Å². The van der Waals surface area contributed by atoms with Gasteiger partial charge in [0.25, 0.3) is 0 Å². The molecule has 0 aliphatic rings. The molecule has 2 aromatic rings. The summed E-state index contributed by atoms with van der Waals surface area (Å²) in [6, 6.07) is 4.48. The maximum atomic E-state index is 13.5. The zero-order chi connectivity index (χ0) is 13.1. The highest BCUT2D eigenvalue weighted by molar-refractivity contribution is 9.10. The van der Waals surface area contributed by atoms with E-state index in [0.717, 1.165) is 0 Å². The fraction of sp³-hybridized carbons (Fsp3) is 0.0909. The average molecular weight is 330 g/mol. The van der Waals surface area contributed by atoms with E-state index in [9.17, 15) is 9.18 Å². The molecule has 0 saturated carbocycles. The number of nitrogens with two attached hydrogens (primary N) is 1. The lowest BCUT2D eigenvalue weighted by atomic mass is 10.2. The lowest BCUT2D eigenvalue weighted by Gasteiger charge is -2.07. The van der Waals surface area contributed by atoms with E-state index in [2.05, 4.69) is 26.2 Å². The van der Waals surface area contributed by atoms with Crippen LogP contribution in [0.4, 0.5) is 15.2 Å². The molecule has 0 bridgehead atoms. The molecule has 0 radical (unpaired) electrons. The number of rotatable bonds is 3. The predicted molar refractivity (Wildman–Crippen MR) is 73.0 cm³/mol. The van der Waals surface area contributed by atoms with Crippen molar-refractivity contribution in [3.63, 3.8) is 0 Å². The number of benzene rings is 1. The van der Waals surface area contributed by atoms with Gasteiger partial charge in [-0.15, -0.1) is 11.3 Å². The Hall–Kier alpha value is -1.47. The first-order chi connectivity index (χ1) is 8.56. The van der Waals surface area contributed by atoms with Crippen LogP contribution in [0.5, 0.6) is 0 Å². The van der Waals surface area contributed by atoms with Gasteiger partial charge in [0.1, 0.15) is 5.82 Å². The largest absolute Gasteiger partial charge is 0.375 e. The van der Waals surface area contributed by atoms with Crippen molar-refractivity contribution in [2.24, 2.45) is 0 Å². The van der Waals surface area contributed by atoms with E-state index in [1.165, 1.54) is 17.4 Å². The molecule has 2 rings (SSSR count). The number of hydrogen-bond donors (Lipinski definition) is 2. The molecule has 18 heavy (non-hydrogen) atoms. The standard InChI is InChI=1S/C11H9BrFN3OS/c12-7-2-1-3-8(13)10(7)16-9(17)4-6-5-18-11(14)15-6/h1-3,5H,4H2,(H2,14,15)(H,16,17). The molecule has 1 aromatic heterocycles. The summed E-state index contributed by atoms with van der Waals surface area (Å²) >= 11 is 4.44. The van der Waals surface area contributed by atoms with Crippen LogP contribution in [0.15, 0.2) is 28.1 Å². The monoisotopic (exact) mass is 329 g/mol. The number of amides is 1. The Bertz CT molecular complexity index is 567. The highest BCUT2D eigenvalue weighted by Gasteiger charge is 2.12. The fourth-order valence-electron chi connectivity index (χ4n) is 1.37. The van der Waals surface area contributed by atoms with Crippen LogP contribution in [0.2, 0.25) is 0 Å². The van der Waals surface area contributed by atoms with E-state index < -0.39 is 5.82 Å². The first-order valence-corrected chi connectivity index (χ1v) is 6.67. The first kappa shape index (κ1) is 13.0. The van der Waals surface area contributed by atoms with Crippen molar-refractivity contribution in [2.75, 3.05) is 11.1 Å². The van der Waals surface area contributed by atoms with Crippen molar-refractivity contribution in [3.05, 3.63) is 39.6 Å². The first-order valence-electron chi connectivity index (χ1n) is 5.00. The van der Waals surface area contributed by atoms with Crippen molar-refractivity contribution in [1.82, 2.24) is 4.98 Å². The van der Waals surface area contributed by atoms with E-state index in [0.29, 0.717) is 15.3 Å². The van der Waals surface area contributed by atoms with Crippen LogP contribution in [0.25, 0.3) is 0 Å². The number of carbonyl (C=O) groups is 1. The highest BCUT2D eigenvalue weighted by Crippen LogP contribution is 2.25. The van der Waals surface area contributed by atoms with Crippen LogP contribution in [0.3, 0.4) is 0 Å². The quantitative estimate of drug-likeness (QED) is 0.909. The summed E-state index contributed by atoms with van der Waals surface area (Å²) < 4.78 is 14.0. The van der Waals surface area contributed by atoms with Crippen molar-refractivity contribution in [2.45, 2.75) is 6.42 Å². The Morgan fingerprint density at radius 1 is 1.56 bits per heavy atom. The number of hydrogen-bond acceptors (Lipinski definition) is 4. The maximum Gasteiger partial charge on any atom is 0.230 e. The summed E-state index contributed by atoms with van der Waals surface area (Å²) in [6.45, 7) is 0. The Balaban J connectivity index is 2.08. The number of nitrogens with zero attached hydrogens (tertiary/aromatic N) is 1. The minimum atomic E-state index is -0.490. The van der Waals surface area contributed by atoms with Crippen molar-refractivity contribution in [1.29, 1.82) is 0 Å². The van der Waals surface area contributed by atoms with Crippen molar-refractivity contribution < 1.29 is 9.18 Å². The summed E-state index contributed by atoms with van der Waals surface area (Å²) in [6.07, 6.45) is 0.0640. The minimum absolute atomic E-state index is 0.0640. The normalized spacial score (nSPS) is 10.3. The molecule has 1 heterocycles. The van der Waals surface area contributed by atoms with E-state index in [4.69, 9.17) is 5.73 Å². The smallest absolute Gasteiger partial charge is 0.230 e. The molecule has 0 fully saturated rings. The maximum absolute atomic E-state index is 13.5. The van der Waals surface area contributed by atoms with Crippen molar-refractivity contribution >= 4 is 44.0 Å². The molecule has 0 atom stereocenters. The molecule has 0 spiro atoms. The molecule has 0 saturated heterocycles. The van der Waals surface area contributed by atoms with Gasteiger partial charge in [-0.2, -0.15) is 0 Å². The van der Waals surface area contributed by atoms with E-state index >= 15 is 0 Å². The third-order valence-electron chi connectivity index (χ3n) is 2.14.